The maximum absolute atomic E-state index is 8.80. The van der Waals surface area contributed by atoms with Crippen molar-refractivity contribution in [3.05, 3.63) is 0 Å². The van der Waals surface area contributed by atoms with E-state index in [0.29, 0.717) is 12.0 Å². The molecule has 6 heteroatoms. The summed E-state index contributed by atoms with van der Waals surface area (Å²) in [6.07, 6.45) is 2.35. The van der Waals surface area contributed by atoms with Gasteiger partial charge < -0.3 is 20.1 Å². The molecule has 2 saturated heterocycles. The molecule has 0 aliphatic carbocycles. The molecule has 2 heterocycles. The molecule has 17 heavy (non-hydrogen) atoms. The van der Waals surface area contributed by atoms with Crippen molar-refractivity contribution in [2.75, 3.05) is 46.5 Å². The van der Waals surface area contributed by atoms with Crippen molar-refractivity contribution in [2.24, 2.45) is 10.4 Å². The van der Waals surface area contributed by atoms with Gasteiger partial charge in [0.25, 0.3) is 0 Å². The molecule has 5 nitrogen and oxygen atoms in total. The predicted molar refractivity (Wildman–Crippen MR) is 77.9 cm³/mol. The minimum absolute atomic E-state index is 0. The Balaban J connectivity index is 0.00000144. The molecule has 1 unspecified atom stereocenters. The van der Waals surface area contributed by atoms with Crippen molar-refractivity contribution in [2.45, 2.75) is 12.8 Å². The summed E-state index contributed by atoms with van der Waals surface area (Å²) in [6, 6.07) is 0. The molecule has 2 rings (SSSR count). The standard InChI is InChI=1S/C11H21N3O2.HI/c1-12-10(13-4-6-15)14-5-2-11(8-14)3-7-16-9-11;/h15H,2-9H2,1H3,(H,12,13);1H. The highest BCUT2D eigenvalue weighted by molar-refractivity contribution is 14.0. The highest BCUT2D eigenvalue weighted by Gasteiger charge is 2.42. The van der Waals surface area contributed by atoms with Gasteiger partial charge in [-0.1, -0.05) is 0 Å². The summed E-state index contributed by atoms with van der Waals surface area (Å²) < 4.78 is 5.50. The van der Waals surface area contributed by atoms with Crippen molar-refractivity contribution in [1.29, 1.82) is 0 Å². The van der Waals surface area contributed by atoms with Crippen LogP contribution < -0.4 is 5.32 Å². The van der Waals surface area contributed by atoms with Gasteiger partial charge in [0.15, 0.2) is 5.96 Å². The molecule has 0 radical (unpaired) electrons. The number of nitrogens with one attached hydrogen (secondary N) is 1. The van der Waals surface area contributed by atoms with Crippen LogP contribution in [0.1, 0.15) is 12.8 Å². The second-order valence-electron chi connectivity index (χ2n) is 4.67. The predicted octanol–water partition coefficient (Wildman–Crippen LogP) is 0.284. The van der Waals surface area contributed by atoms with Crippen LogP contribution in [-0.2, 0) is 4.74 Å². The molecular weight excluding hydrogens is 333 g/mol. The topological polar surface area (TPSA) is 57.1 Å². The molecule has 0 aromatic carbocycles. The third kappa shape index (κ3) is 3.45. The number of ether oxygens (including phenoxy) is 1. The molecule has 0 amide bonds. The number of hydrogen-bond acceptors (Lipinski definition) is 3. The second kappa shape index (κ2) is 6.75. The van der Waals surface area contributed by atoms with E-state index in [1.807, 2.05) is 0 Å². The molecule has 100 valence electrons. The van der Waals surface area contributed by atoms with E-state index in [4.69, 9.17) is 9.84 Å². The molecule has 2 N–H and O–H groups in total. The van der Waals surface area contributed by atoms with E-state index in [0.717, 1.165) is 32.3 Å². The highest BCUT2D eigenvalue weighted by Crippen LogP contribution is 2.37. The van der Waals surface area contributed by atoms with Gasteiger partial charge in [0.05, 0.1) is 13.2 Å². The normalized spacial score (nSPS) is 28.6. The fourth-order valence-electron chi connectivity index (χ4n) is 2.59. The first-order valence-electron chi connectivity index (χ1n) is 5.94. The maximum atomic E-state index is 8.80. The van der Waals surface area contributed by atoms with Crippen LogP contribution in [0.15, 0.2) is 4.99 Å². The summed E-state index contributed by atoms with van der Waals surface area (Å²) in [4.78, 5) is 6.51. The van der Waals surface area contributed by atoms with Gasteiger partial charge in [-0.05, 0) is 12.8 Å². The summed E-state index contributed by atoms with van der Waals surface area (Å²) in [5.41, 5.74) is 0.358. The zero-order valence-corrected chi connectivity index (χ0v) is 12.6. The molecule has 0 saturated carbocycles. The van der Waals surface area contributed by atoms with Crippen LogP contribution in [0.4, 0.5) is 0 Å². The number of guanidine groups is 1. The smallest absolute Gasteiger partial charge is 0.193 e. The zero-order chi connectivity index (χ0) is 11.4. The molecule has 1 spiro atoms. The number of aliphatic hydroxyl groups excluding tert-OH is 1. The molecule has 2 aliphatic rings. The first-order valence-corrected chi connectivity index (χ1v) is 5.94. The fraction of sp³-hybridized carbons (Fsp3) is 0.909. The van der Waals surface area contributed by atoms with E-state index in [-0.39, 0.29) is 30.6 Å². The van der Waals surface area contributed by atoms with Crippen LogP contribution in [0.5, 0.6) is 0 Å². The van der Waals surface area contributed by atoms with Crippen LogP contribution in [0.3, 0.4) is 0 Å². The van der Waals surface area contributed by atoms with Crippen molar-refractivity contribution < 1.29 is 9.84 Å². The van der Waals surface area contributed by atoms with Crippen molar-refractivity contribution in [3.8, 4) is 0 Å². The summed E-state index contributed by atoms with van der Waals surface area (Å²) in [7, 11) is 1.79. The first-order chi connectivity index (χ1) is 7.79. The van der Waals surface area contributed by atoms with Gasteiger partial charge in [-0.3, -0.25) is 4.99 Å². The lowest BCUT2D eigenvalue weighted by Crippen LogP contribution is -2.42. The van der Waals surface area contributed by atoms with E-state index in [1.54, 1.807) is 7.05 Å². The van der Waals surface area contributed by atoms with Crippen LogP contribution in [0.2, 0.25) is 0 Å². The molecule has 0 aromatic rings. The van der Waals surface area contributed by atoms with Crippen LogP contribution in [0, 0.1) is 5.41 Å². The molecule has 2 fully saturated rings. The Hall–Kier alpha value is -0.0800. The Morgan fingerprint density at radius 3 is 2.94 bits per heavy atom. The van der Waals surface area contributed by atoms with E-state index >= 15 is 0 Å². The third-order valence-corrected chi connectivity index (χ3v) is 3.53. The largest absolute Gasteiger partial charge is 0.395 e. The Morgan fingerprint density at radius 2 is 2.35 bits per heavy atom. The monoisotopic (exact) mass is 355 g/mol. The van der Waals surface area contributed by atoms with Crippen molar-refractivity contribution in [1.82, 2.24) is 10.2 Å². The average molecular weight is 355 g/mol. The van der Waals surface area contributed by atoms with Gasteiger partial charge >= 0.3 is 0 Å². The number of aliphatic hydroxyl groups is 1. The van der Waals surface area contributed by atoms with Gasteiger partial charge in [0.1, 0.15) is 0 Å². The summed E-state index contributed by atoms with van der Waals surface area (Å²) in [5, 5.41) is 12.0. The molecule has 0 aromatic heterocycles. The quantitative estimate of drug-likeness (QED) is 0.425. The summed E-state index contributed by atoms with van der Waals surface area (Å²) >= 11 is 0. The summed E-state index contributed by atoms with van der Waals surface area (Å²) in [6.45, 7) is 4.55. The minimum Gasteiger partial charge on any atom is -0.395 e. The van der Waals surface area contributed by atoms with Gasteiger partial charge in [0.2, 0.25) is 0 Å². The number of likely N-dealkylation sites (tertiary alicyclic amines) is 1. The molecule has 2 aliphatic heterocycles. The minimum atomic E-state index is 0. The maximum Gasteiger partial charge on any atom is 0.193 e. The number of halogens is 1. The third-order valence-electron chi connectivity index (χ3n) is 3.53. The highest BCUT2D eigenvalue weighted by atomic mass is 127. The van der Waals surface area contributed by atoms with Gasteiger partial charge in [-0.2, -0.15) is 0 Å². The Bertz CT molecular complexity index is 267. The van der Waals surface area contributed by atoms with Crippen molar-refractivity contribution >= 4 is 29.9 Å². The fourth-order valence-corrected chi connectivity index (χ4v) is 2.59. The molecule has 1 atom stereocenters. The van der Waals surface area contributed by atoms with Crippen LogP contribution >= 0.6 is 24.0 Å². The van der Waals surface area contributed by atoms with Gasteiger partial charge in [0, 0.05) is 38.7 Å². The lowest BCUT2D eigenvalue weighted by Gasteiger charge is -2.24. The number of rotatable bonds is 2. The second-order valence-corrected chi connectivity index (χ2v) is 4.67. The molecular formula is C11H22IN3O2. The van der Waals surface area contributed by atoms with E-state index in [2.05, 4.69) is 15.2 Å². The average Bonchev–Trinajstić information content (AvgIpc) is 2.92. The van der Waals surface area contributed by atoms with Gasteiger partial charge in [-0.25, -0.2) is 0 Å². The number of nitrogens with zero attached hydrogens (tertiary/aromatic N) is 2. The SMILES string of the molecule is CN=C(NCCO)N1CCC2(CCOC2)C1.I. The number of hydrogen-bond donors (Lipinski definition) is 2. The number of aliphatic imine (C=N–C) groups is 1. The Labute approximate surface area is 120 Å². The van der Waals surface area contributed by atoms with E-state index < -0.39 is 0 Å². The van der Waals surface area contributed by atoms with E-state index in [9.17, 15) is 0 Å². The summed E-state index contributed by atoms with van der Waals surface area (Å²) in [5.74, 6) is 0.901. The van der Waals surface area contributed by atoms with Crippen LogP contribution in [-0.4, -0.2) is 62.5 Å². The lowest BCUT2D eigenvalue weighted by molar-refractivity contribution is 0.156. The van der Waals surface area contributed by atoms with Gasteiger partial charge in [-0.15, -0.1) is 24.0 Å². The van der Waals surface area contributed by atoms with Crippen molar-refractivity contribution in [3.63, 3.8) is 0 Å². The first kappa shape index (κ1) is 15.0. The van der Waals surface area contributed by atoms with Crippen LogP contribution in [0.25, 0.3) is 0 Å². The Morgan fingerprint density at radius 1 is 1.53 bits per heavy atom. The zero-order valence-electron chi connectivity index (χ0n) is 10.3. The Kier molecular flexibility index (Phi) is 5.94. The molecule has 0 bridgehead atoms. The lowest BCUT2D eigenvalue weighted by atomic mass is 9.87. The van der Waals surface area contributed by atoms with E-state index in [1.165, 1.54) is 12.8 Å².